The summed E-state index contributed by atoms with van der Waals surface area (Å²) in [7, 11) is 0. The second-order valence-corrected chi connectivity index (χ2v) is 11.1. The van der Waals surface area contributed by atoms with Crippen LogP contribution in [-0.4, -0.2) is 23.3 Å². The van der Waals surface area contributed by atoms with Gasteiger partial charge in [0.05, 0.1) is 29.0 Å². The van der Waals surface area contributed by atoms with Crippen LogP contribution < -0.4 is 10.2 Å². The zero-order valence-corrected chi connectivity index (χ0v) is 24.7. The molecule has 0 aliphatic carbocycles. The molecule has 1 unspecified atom stereocenters. The van der Waals surface area contributed by atoms with E-state index in [0.717, 1.165) is 18.2 Å². The first-order valence-corrected chi connectivity index (χ1v) is 14.1. The van der Waals surface area contributed by atoms with Gasteiger partial charge in [0.2, 0.25) is 0 Å². The first-order valence-electron chi connectivity index (χ1n) is 13.3. The highest BCUT2D eigenvalue weighted by atomic mass is 79.9. The van der Waals surface area contributed by atoms with E-state index in [1.807, 2.05) is 0 Å². The maximum absolute atomic E-state index is 13.5. The number of anilines is 2. The van der Waals surface area contributed by atoms with Gasteiger partial charge >= 0.3 is 24.6 Å². The van der Waals surface area contributed by atoms with E-state index >= 15 is 0 Å². The molecular formula is C29H25BrF9N3O2. The lowest BCUT2D eigenvalue weighted by atomic mass is 9.87. The van der Waals surface area contributed by atoms with Gasteiger partial charge in [0.1, 0.15) is 11.5 Å². The zero-order valence-electron chi connectivity index (χ0n) is 23.1. The summed E-state index contributed by atoms with van der Waals surface area (Å²) in [4.78, 5) is 18.8. The lowest BCUT2D eigenvalue weighted by Crippen LogP contribution is -2.60. The number of alkyl halides is 9. The van der Waals surface area contributed by atoms with Gasteiger partial charge in [-0.2, -0.15) is 39.5 Å². The molecule has 44 heavy (non-hydrogen) atoms. The van der Waals surface area contributed by atoms with Crippen molar-refractivity contribution in [3.8, 4) is 0 Å². The smallest absolute Gasteiger partial charge is 0.416 e. The maximum atomic E-state index is 13.5. The van der Waals surface area contributed by atoms with Crippen LogP contribution in [0.25, 0.3) is 0 Å². The van der Waals surface area contributed by atoms with Crippen molar-refractivity contribution < 1.29 is 49.0 Å². The normalized spacial score (nSPS) is 17.3. The molecule has 0 saturated heterocycles. The summed E-state index contributed by atoms with van der Waals surface area (Å²) in [6.07, 6.45) is -14.3. The molecule has 1 atom stereocenters. The molecule has 2 heterocycles. The van der Waals surface area contributed by atoms with Crippen molar-refractivity contribution in [1.82, 2.24) is 4.98 Å². The third kappa shape index (κ3) is 7.08. The molecule has 1 aromatic heterocycles. The summed E-state index contributed by atoms with van der Waals surface area (Å²) < 4.78 is 127. The van der Waals surface area contributed by atoms with Gasteiger partial charge in [-0.15, -0.1) is 0 Å². The maximum Gasteiger partial charge on any atom is 0.416 e. The Labute approximate surface area is 254 Å². The molecule has 4 rings (SSSR count). The third-order valence-electron chi connectivity index (χ3n) is 7.25. The molecule has 0 bridgehead atoms. The van der Waals surface area contributed by atoms with Gasteiger partial charge in [-0.25, -0.2) is 9.78 Å². The second kappa shape index (κ2) is 12.1. The van der Waals surface area contributed by atoms with E-state index in [2.05, 4.69) is 26.2 Å². The Bertz CT molecular complexity index is 1510. The molecule has 238 valence electrons. The number of hydrogen-bond donors (Lipinski definition) is 1. The number of halogens is 10. The third-order valence-corrected chi connectivity index (χ3v) is 7.68. The topological polar surface area (TPSA) is 54.5 Å². The highest BCUT2D eigenvalue weighted by molar-refractivity contribution is 9.10. The van der Waals surface area contributed by atoms with Crippen molar-refractivity contribution in [1.29, 1.82) is 0 Å². The Hall–Kier alpha value is -3.49. The molecule has 0 fully saturated rings. The van der Waals surface area contributed by atoms with Crippen LogP contribution in [0, 0.1) is 0 Å². The SMILES string of the molecule is CCOC(=O)N1c2ccc(C(F)(F)F)cc2CCC1(CC)Nc1ncc(Br)cc1Cc1cc(C(F)(F)F)cc(C(F)(F)F)c1. The number of carbonyl (C=O) groups is 1. The molecular weight excluding hydrogens is 673 g/mol. The molecule has 0 spiro atoms. The minimum Gasteiger partial charge on any atom is -0.449 e. The molecule has 5 nitrogen and oxygen atoms in total. The highest BCUT2D eigenvalue weighted by Gasteiger charge is 2.46. The molecule has 1 amide bonds. The second-order valence-electron chi connectivity index (χ2n) is 10.1. The van der Waals surface area contributed by atoms with Gasteiger partial charge in [0, 0.05) is 22.7 Å². The standard InChI is InChI=1S/C29H25BrF9N3O2/c1-3-26(8-7-17-12-19(27(31,32)33)5-6-23(17)42(26)25(43)44-4-2)41-24-18(13-22(30)15-40-24)9-16-10-20(28(34,35)36)14-21(11-16)29(37,38)39/h5-6,10-15H,3-4,7-9H2,1-2H3,(H,40,41). The molecule has 0 saturated carbocycles. The minimum atomic E-state index is -5.04. The van der Waals surface area contributed by atoms with Gasteiger partial charge in [-0.1, -0.05) is 6.92 Å². The van der Waals surface area contributed by atoms with Crippen LogP contribution in [0.4, 0.5) is 55.8 Å². The minimum absolute atomic E-state index is 0.0365. The largest absolute Gasteiger partial charge is 0.449 e. The average molecular weight is 698 g/mol. The lowest BCUT2D eigenvalue weighted by Gasteiger charge is -2.47. The summed E-state index contributed by atoms with van der Waals surface area (Å²) in [5.74, 6) is 0.0469. The number of nitrogens with zero attached hydrogens (tertiary/aromatic N) is 2. The Morgan fingerprint density at radius 3 is 2.09 bits per heavy atom. The van der Waals surface area contributed by atoms with Crippen molar-refractivity contribution >= 4 is 33.5 Å². The van der Waals surface area contributed by atoms with Crippen LogP contribution in [0.2, 0.25) is 0 Å². The number of aromatic nitrogens is 1. The van der Waals surface area contributed by atoms with Crippen LogP contribution in [0.15, 0.2) is 53.1 Å². The summed E-state index contributed by atoms with van der Waals surface area (Å²) >= 11 is 3.23. The van der Waals surface area contributed by atoms with E-state index < -0.39 is 53.4 Å². The predicted molar refractivity (Wildman–Crippen MR) is 147 cm³/mol. The number of hydrogen-bond acceptors (Lipinski definition) is 4. The molecule has 1 aliphatic rings. The molecule has 1 N–H and O–H groups in total. The van der Waals surface area contributed by atoms with E-state index in [0.29, 0.717) is 16.6 Å². The highest BCUT2D eigenvalue weighted by Crippen LogP contribution is 2.43. The Morgan fingerprint density at radius 1 is 0.932 bits per heavy atom. The van der Waals surface area contributed by atoms with Crippen LogP contribution in [0.5, 0.6) is 0 Å². The van der Waals surface area contributed by atoms with E-state index in [1.165, 1.54) is 17.2 Å². The van der Waals surface area contributed by atoms with Crippen LogP contribution in [0.1, 0.15) is 60.1 Å². The number of fused-ring (bicyclic) bond motifs is 1. The van der Waals surface area contributed by atoms with Crippen LogP contribution in [0.3, 0.4) is 0 Å². The molecule has 15 heteroatoms. The van der Waals surface area contributed by atoms with Crippen LogP contribution >= 0.6 is 15.9 Å². The Morgan fingerprint density at radius 2 is 1.55 bits per heavy atom. The molecule has 1 aliphatic heterocycles. The summed E-state index contributed by atoms with van der Waals surface area (Å²) in [5, 5.41) is 3.15. The Kier molecular flexibility index (Phi) is 9.21. The molecule has 0 radical (unpaired) electrons. The van der Waals surface area contributed by atoms with E-state index in [4.69, 9.17) is 4.74 Å². The van der Waals surface area contributed by atoms with Crippen molar-refractivity contribution in [3.05, 3.63) is 86.5 Å². The Balaban J connectivity index is 1.80. The summed E-state index contributed by atoms with van der Waals surface area (Å²) in [6.45, 7) is 3.20. The number of carbonyl (C=O) groups excluding carboxylic acids is 1. The van der Waals surface area contributed by atoms with Gasteiger partial charge in [-0.05, 0) is 95.7 Å². The number of ether oxygens (including phenoxy) is 1. The zero-order chi connectivity index (χ0) is 32.7. The number of amides is 1. The monoisotopic (exact) mass is 697 g/mol. The number of aryl methyl sites for hydroxylation is 1. The first-order chi connectivity index (χ1) is 20.4. The fourth-order valence-electron chi connectivity index (χ4n) is 5.16. The predicted octanol–water partition coefficient (Wildman–Crippen LogP) is 9.62. The first kappa shape index (κ1) is 33.4. The van der Waals surface area contributed by atoms with Gasteiger partial charge in [-0.3, -0.25) is 4.90 Å². The fraction of sp³-hybridized carbons (Fsp3) is 0.379. The van der Waals surface area contributed by atoms with Crippen LogP contribution in [-0.2, 0) is 36.1 Å². The molecule has 2 aromatic carbocycles. The number of pyridine rings is 1. The average Bonchev–Trinajstić information content (AvgIpc) is 2.92. The van der Waals surface area contributed by atoms with Crippen molar-refractivity contribution in [3.63, 3.8) is 0 Å². The fourth-order valence-corrected chi connectivity index (χ4v) is 5.54. The number of rotatable bonds is 6. The van der Waals surface area contributed by atoms with Crippen molar-refractivity contribution in [2.75, 3.05) is 16.8 Å². The summed E-state index contributed by atoms with van der Waals surface area (Å²) in [6, 6.07) is 5.70. The van der Waals surface area contributed by atoms with E-state index in [-0.39, 0.29) is 60.1 Å². The quantitative estimate of drug-likeness (QED) is 0.261. The van der Waals surface area contributed by atoms with Crippen molar-refractivity contribution in [2.45, 2.75) is 63.7 Å². The van der Waals surface area contributed by atoms with E-state index in [1.54, 1.807) is 13.8 Å². The number of nitrogens with one attached hydrogen (secondary N) is 1. The lowest BCUT2D eigenvalue weighted by molar-refractivity contribution is -0.143. The van der Waals surface area contributed by atoms with Gasteiger partial charge in [0.15, 0.2) is 0 Å². The van der Waals surface area contributed by atoms with Crippen molar-refractivity contribution in [2.24, 2.45) is 0 Å². The van der Waals surface area contributed by atoms with Gasteiger partial charge < -0.3 is 10.1 Å². The summed E-state index contributed by atoms with van der Waals surface area (Å²) in [5.41, 5.74) is -4.87. The number of benzene rings is 2. The molecule has 3 aromatic rings. The van der Waals surface area contributed by atoms with Gasteiger partial charge in [0.25, 0.3) is 0 Å². The van der Waals surface area contributed by atoms with E-state index in [9.17, 15) is 44.3 Å².